The summed E-state index contributed by atoms with van der Waals surface area (Å²) in [4.78, 5) is 2.61. The molecule has 0 spiro atoms. The van der Waals surface area contributed by atoms with Crippen molar-refractivity contribution in [1.82, 2.24) is 0 Å². The number of aliphatic hydroxyl groups excluding tert-OH is 1. The van der Waals surface area contributed by atoms with Crippen LogP contribution < -0.4 is 0 Å². The van der Waals surface area contributed by atoms with Crippen molar-refractivity contribution in [3.05, 3.63) is 56.8 Å². The molecule has 1 heterocycles. The Kier molecular flexibility index (Phi) is 3.72. The molecular formula is C17H20OS. The molecule has 0 bridgehead atoms. The van der Waals surface area contributed by atoms with E-state index in [1.54, 1.807) is 0 Å². The molecule has 1 aliphatic carbocycles. The van der Waals surface area contributed by atoms with Gasteiger partial charge in [-0.1, -0.05) is 36.2 Å². The molecule has 19 heavy (non-hydrogen) atoms. The molecule has 100 valence electrons. The number of thiophene rings is 1. The monoisotopic (exact) mass is 272 g/mol. The number of rotatable bonds is 2. The fourth-order valence-corrected chi connectivity index (χ4v) is 4.10. The van der Waals surface area contributed by atoms with Crippen LogP contribution in [0.3, 0.4) is 0 Å². The van der Waals surface area contributed by atoms with Gasteiger partial charge in [-0.05, 0) is 49.8 Å². The molecule has 1 aromatic carbocycles. The molecule has 1 unspecified atom stereocenters. The largest absolute Gasteiger partial charge is 0.383 e. The summed E-state index contributed by atoms with van der Waals surface area (Å²) >= 11 is 1.81. The van der Waals surface area contributed by atoms with E-state index in [1.807, 2.05) is 23.5 Å². The van der Waals surface area contributed by atoms with Gasteiger partial charge in [0, 0.05) is 9.75 Å². The maximum absolute atomic E-state index is 10.5. The number of hydrogen-bond acceptors (Lipinski definition) is 2. The SMILES string of the molecule is Cc1cccc(C(O)c2cc3c(s2)CCCCC3)c1. The van der Waals surface area contributed by atoms with Crippen LogP contribution in [-0.4, -0.2) is 5.11 Å². The van der Waals surface area contributed by atoms with E-state index in [0.717, 1.165) is 10.4 Å². The minimum absolute atomic E-state index is 0.461. The van der Waals surface area contributed by atoms with Crippen LogP contribution >= 0.6 is 11.3 Å². The Labute approximate surface area is 118 Å². The summed E-state index contributed by atoms with van der Waals surface area (Å²) in [6.45, 7) is 2.07. The molecule has 1 aliphatic rings. The normalized spacial score (nSPS) is 16.7. The Bertz CT molecular complexity index is 547. The van der Waals surface area contributed by atoms with Crippen LogP contribution in [-0.2, 0) is 12.8 Å². The van der Waals surface area contributed by atoms with E-state index in [2.05, 4.69) is 25.1 Å². The molecule has 1 atom stereocenters. The van der Waals surface area contributed by atoms with Crippen molar-refractivity contribution in [2.24, 2.45) is 0 Å². The third-order valence-corrected chi connectivity index (χ3v) is 5.18. The number of aryl methyl sites for hydroxylation is 3. The lowest BCUT2D eigenvalue weighted by molar-refractivity contribution is 0.224. The van der Waals surface area contributed by atoms with Gasteiger partial charge in [0.1, 0.15) is 6.10 Å². The molecule has 0 radical (unpaired) electrons. The second-order valence-corrected chi connectivity index (χ2v) is 6.64. The van der Waals surface area contributed by atoms with Gasteiger partial charge in [-0.3, -0.25) is 0 Å². The summed E-state index contributed by atoms with van der Waals surface area (Å²) in [5.41, 5.74) is 3.69. The van der Waals surface area contributed by atoms with Crippen LogP contribution in [0.15, 0.2) is 30.3 Å². The second-order valence-electron chi connectivity index (χ2n) is 5.47. The maximum atomic E-state index is 10.5. The Morgan fingerprint density at radius 2 is 1.95 bits per heavy atom. The maximum Gasteiger partial charge on any atom is 0.113 e. The van der Waals surface area contributed by atoms with E-state index < -0.39 is 6.10 Å². The number of benzene rings is 1. The van der Waals surface area contributed by atoms with Crippen molar-refractivity contribution < 1.29 is 5.11 Å². The first-order valence-corrected chi connectivity index (χ1v) is 7.92. The lowest BCUT2D eigenvalue weighted by atomic mass is 10.0. The molecule has 0 fully saturated rings. The highest BCUT2D eigenvalue weighted by Gasteiger charge is 2.18. The number of aliphatic hydroxyl groups is 1. The first-order valence-electron chi connectivity index (χ1n) is 7.10. The van der Waals surface area contributed by atoms with Gasteiger partial charge in [0.15, 0.2) is 0 Å². The quantitative estimate of drug-likeness (QED) is 0.803. The Morgan fingerprint density at radius 3 is 2.79 bits per heavy atom. The molecular weight excluding hydrogens is 252 g/mol. The van der Waals surface area contributed by atoms with Gasteiger partial charge >= 0.3 is 0 Å². The highest BCUT2D eigenvalue weighted by molar-refractivity contribution is 7.12. The summed E-state index contributed by atoms with van der Waals surface area (Å²) < 4.78 is 0. The number of fused-ring (bicyclic) bond motifs is 1. The van der Waals surface area contributed by atoms with Gasteiger partial charge in [-0.15, -0.1) is 11.3 Å². The molecule has 2 heteroatoms. The van der Waals surface area contributed by atoms with Gasteiger partial charge in [0.25, 0.3) is 0 Å². The fraction of sp³-hybridized carbons (Fsp3) is 0.412. The first-order chi connectivity index (χ1) is 9.24. The second kappa shape index (κ2) is 5.48. The van der Waals surface area contributed by atoms with Crippen molar-refractivity contribution in [3.8, 4) is 0 Å². The van der Waals surface area contributed by atoms with Crippen LogP contribution in [0.1, 0.15) is 51.8 Å². The Hall–Kier alpha value is -1.12. The zero-order valence-corrected chi connectivity index (χ0v) is 12.2. The predicted molar refractivity (Wildman–Crippen MR) is 80.8 cm³/mol. The topological polar surface area (TPSA) is 20.2 Å². The van der Waals surface area contributed by atoms with Gasteiger partial charge in [0.05, 0.1) is 0 Å². The van der Waals surface area contributed by atoms with Crippen LogP contribution in [0.2, 0.25) is 0 Å². The first kappa shape index (κ1) is 12.9. The molecule has 0 amide bonds. The van der Waals surface area contributed by atoms with E-state index in [-0.39, 0.29) is 0 Å². The molecule has 1 aromatic heterocycles. The zero-order valence-electron chi connectivity index (χ0n) is 11.4. The van der Waals surface area contributed by atoms with Gasteiger partial charge in [0.2, 0.25) is 0 Å². The van der Waals surface area contributed by atoms with Gasteiger partial charge in [-0.2, -0.15) is 0 Å². The highest BCUT2D eigenvalue weighted by Crippen LogP contribution is 2.34. The minimum Gasteiger partial charge on any atom is -0.383 e. The van der Waals surface area contributed by atoms with Crippen LogP contribution in [0.5, 0.6) is 0 Å². The third kappa shape index (κ3) is 2.75. The van der Waals surface area contributed by atoms with Crippen molar-refractivity contribution >= 4 is 11.3 Å². The van der Waals surface area contributed by atoms with E-state index in [0.29, 0.717) is 0 Å². The molecule has 1 N–H and O–H groups in total. The van der Waals surface area contributed by atoms with Crippen molar-refractivity contribution in [1.29, 1.82) is 0 Å². The van der Waals surface area contributed by atoms with E-state index in [4.69, 9.17) is 0 Å². The van der Waals surface area contributed by atoms with E-state index in [1.165, 1.54) is 48.1 Å². The minimum atomic E-state index is -0.461. The van der Waals surface area contributed by atoms with Gasteiger partial charge in [-0.25, -0.2) is 0 Å². The van der Waals surface area contributed by atoms with Crippen molar-refractivity contribution in [2.45, 2.75) is 45.1 Å². The fourth-order valence-electron chi connectivity index (χ4n) is 2.83. The standard InChI is InChI=1S/C17H20OS/c1-12-6-5-8-14(10-12)17(18)16-11-13-7-3-2-4-9-15(13)19-16/h5-6,8,10-11,17-18H,2-4,7,9H2,1H3. The molecule has 3 rings (SSSR count). The van der Waals surface area contributed by atoms with E-state index >= 15 is 0 Å². The Morgan fingerprint density at radius 1 is 1.11 bits per heavy atom. The lowest BCUT2D eigenvalue weighted by Crippen LogP contribution is -1.97. The highest BCUT2D eigenvalue weighted by atomic mass is 32.1. The van der Waals surface area contributed by atoms with Gasteiger partial charge < -0.3 is 5.11 Å². The van der Waals surface area contributed by atoms with Crippen LogP contribution in [0, 0.1) is 6.92 Å². The third-order valence-electron chi connectivity index (χ3n) is 3.89. The molecule has 0 saturated heterocycles. The zero-order chi connectivity index (χ0) is 13.2. The molecule has 1 nitrogen and oxygen atoms in total. The summed E-state index contributed by atoms with van der Waals surface area (Å²) in [7, 11) is 0. The smallest absolute Gasteiger partial charge is 0.113 e. The van der Waals surface area contributed by atoms with Crippen molar-refractivity contribution in [3.63, 3.8) is 0 Å². The van der Waals surface area contributed by atoms with Crippen molar-refractivity contribution in [2.75, 3.05) is 0 Å². The molecule has 0 saturated carbocycles. The average molecular weight is 272 g/mol. The summed E-state index contributed by atoms with van der Waals surface area (Å²) in [6, 6.07) is 10.4. The summed E-state index contributed by atoms with van der Waals surface area (Å²) in [5.74, 6) is 0. The van der Waals surface area contributed by atoms with Crippen LogP contribution in [0.25, 0.3) is 0 Å². The molecule has 0 aliphatic heterocycles. The molecule has 2 aromatic rings. The number of hydrogen-bond donors (Lipinski definition) is 1. The van der Waals surface area contributed by atoms with E-state index in [9.17, 15) is 5.11 Å². The van der Waals surface area contributed by atoms with Crippen LogP contribution in [0.4, 0.5) is 0 Å². The summed E-state index contributed by atoms with van der Waals surface area (Å²) in [5, 5.41) is 10.5. The summed E-state index contributed by atoms with van der Waals surface area (Å²) in [6.07, 6.45) is 5.86. The average Bonchev–Trinajstić information content (AvgIpc) is 2.69. The lowest BCUT2D eigenvalue weighted by Gasteiger charge is -2.09. The predicted octanol–water partition coefficient (Wildman–Crippen LogP) is 4.41. The Balaban J connectivity index is 1.90.